The Morgan fingerprint density at radius 2 is 1.90 bits per heavy atom. The smallest absolute Gasteiger partial charge is 0.416 e. The molecule has 0 atom stereocenters. The lowest BCUT2D eigenvalue weighted by Crippen LogP contribution is -2.15. The molecule has 31 heavy (non-hydrogen) atoms. The molecule has 2 aromatic rings. The maximum atomic E-state index is 12.8. The fourth-order valence-corrected chi connectivity index (χ4v) is 3.71. The number of anilines is 1. The number of ether oxygens (including phenoxy) is 2. The van der Waals surface area contributed by atoms with Crippen LogP contribution in [0.25, 0.3) is 0 Å². The number of benzene rings is 2. The van der Waals surface area contributed by atoms with Crippen molar-refractivity contribution in [3.63, 3.8) is 0 Å². The highest BCUT2D eigenvalue weighted by Crippen LogP contribution is 2.36. The highest BCUT2D eigenvalue weighted by molar-refractivity contribution is 9.11. The van der Waals surface area contributed by atoms with E-state index in [1.54, 1.807) is 19.1 Å². The number of halogens is 5. The Kier molecular flexibility index (Phi) is 8.39. The first kappa shape index (κ1) is 24.6. The number of alkyl halides is 3. The highest BCUT2D eigenvalue weighted by atomic mass is 79.9. The Bertz CT molecular complexity index is 992. The number of nitro groups is 1. The number of nitrogens with zero attached hydrogens (tertiary/aromatic N) is 2. The summed E-state index contributed by atoms with van der Waals surface area (Å²) in [5, 5.41) is 14.9. The molecule has 0 radical (unpaired) electrons. The van der Waals surface area contributed by atoms with Gasteiger partial charge in [0.25, 0.3) is 5.69 Å². The standard InChI is InChI=1S/C18H14Br2F3N3O5/c1-2-30-16(27)9-31-17-12(19)5-10(6-13(17)20)8-24-25-14-4-3-11(18(21,22)23)7-15(14)26(28)29/h3-8,25H,2,9H2,1H3/b24-8-. The number of hydrogen-bond donors (Lipinski definition) is 1. The number of esters is 1. The predicted octanol–water partition coefficient (Wildman–Crippen LogP) is 5.53. The number of nitro benzene ring substituents is 1. The van der Waals surface area contributed by atoms with E-state index in [0.717, 1.165) is 6.07 Å². The number of nitrogens with one attached hydrogen (secondary N) is 1. The molecule has 8 nitrogen and oxygen atoms in total. The first-order chi connectivity index (χ1) is 14.5. The lowest BCUT2D eigenvalue weighted by Gasteiger charge is -2.11. The van der Waals surface area contributed by atoms with E-state index in [-0.39, 0.29) is 18.9 Å². The zero-order valence-corrected chi connectivity index (χ0v) is 18.9. The van der Waals surface area contributed by atoms with E-state index < -0.39 is 28.3 Å². The van der Waals surface area contributed by atoms with Crippen LogP contribution in [-0.4, -0.2) is 30.3 Å². The van der Waals surface area contributed by atoms with E-state index in [2.05, 4.69) is 42.4 Å². The number of hydrogen-bond acceptors (Lipinski definition) is 7. The minimum absolute atomic E-state index is 0.207. The summed E-state index contributed by atoms with van der Waals surface area (Å²) in [5.41, 5.74) is 0.772. The van der Waals surface area contributed by atoms with Gasteiger partial charge >= 0.3 is 12.1 Å². The van der Waals surface area contributed by atoms with Crippen molar-refractivity contribution in [3.8, 4) is 5.75 Å². The molecule has 0 bridgehead atoms. The van der Waals surface area contributed by atoms with Gasteiger partial charge in [-0.25, -0.2) is 4.79 Å². The van der Waals surface area contributed by atoms with Crippen molar-refractivity contribution in [1.29, 1.82) is 0 Å². The van der Waals surface area contributed by atoms with Gasteiger partial charge in [0, 0.05) is 6.07 Å². The topological polar surface area (TPSA) is 103 Å². The van der Waals surface area contributed by atoms with Gasteiger partial charge in [-0.1, -0.05) is 0 Å². The number of carbonyl (C=O) groups excluding carboxylic acids is 1. The predicted molar refractivity (Wildman–Crippen MR) is 113 cm³/mol. The molecule has 0 aromatic heterocycles. The third kappa shape index (κ3) is 6.92. The Morgan fingerprint density at radius 1 is 1.26 bits per heavy atom. The van der Waals surface area contributed by atoms with Crippen LogP contribution in [-0.2, 0) is 15.7 Å². The third-order valence-corrected chi connectivity index (χ3v) is 4.76. The van der Waals surface area contributed by atoms with Gasteiger partial charge in [0.2, 0.25) is 0 Å². The maximum Gasteiger partial charge on any atom is 0.416 e. The van der Waals surface area contributed by atoms with E-state index in [9.17, 15) is 28.1 Å². The molecule has 0 unspecified atom stereocenters. The van der Waals surface area contributed by atoms with Crippen molar-refractivity contribution in [3.05, 3.63) is 60.5 Å². The van der Waals surface area contributed by atoms with Crippen LogP contribution in [0.1, 0.15) is 18.1 Å². The Morgan fingerprint density at radius 3 is 2.45 bits per heavy atom. The van der Waals surface area contributed by atoms with Crippen LogP contribution < -0.4 is 10.2 Å². The zero-order valence-electron chi connectivity index (χ0n) is 15.7. The van der Waals surface area contributed by atoms with Crippen LogP contribution in [0.4, 0.5) is 24.5 Å². The monoisotopic (exact) mass is 567 g/mol. The van der Waals surface area contributed by atoms with Gasteiger partial charge in [-0.3, -0.25) is 15.5 Å². The fraction of sp³-hybridized carbons (Fsp3) is 0.222. The molecule has 0 saturated heterocycles. The van der Waals surface area contributed by atoms with Gasteiger partial charge in [-0.05, 0) is 68.6 Å². The minimum atomic E-state index is -4.71. The van der Waals surface area contributed by atoms with E-state index >= 15 is 0 Å². The van der Waals surface area contributed by atoms with Crippen molar-refractivity contribution in [2.24, 2.45) is 5.10 Å². The fourth-order valence-electron chi connectivity index (χ4n) is 2.26. The summed E-state index contributed by atoms with van der Waals surface area (Å²) >= 11 is 6.59. The van der Waals surface area contributed by atoms with Crippen LogP contribution in [0.15, 0.2) is 44.4 Å². The van der Waals surface area contributed by atoms with Crippen LogP contribution in [0, 0.1) is 10.1 Å². The van der Waals surface area contributed by atoms with Gasteiger partial charge in [0.1, 0.15) is 11.4 Å². The molecular formula is C18H14Br2F3N3O5. The Hall–Kier alpha value is -2.67. The van der Waals surface area contributed by atoms with E-state index in [0.29, 0.717) is 32.4 Å². The lowest BCUT2D eigenvalue weighted by atomic mass is 10.1. The summed E-state index contributed by atoms with van der Waals surface area (Å²) < 4.78 is 49.4. The number of rotatable bonds is 8. The average Bonchev–Trinajstić information content (AvgIpc) is 2.66. The SMILES string of the molecule is CCOC(=O)COc1c(Br)cc(/C=N\Nc2ccc(C(F)(F)F)cc2[N+](=O)[O-])cc1Br. The molecule has 0 spiro atoms. The summed E-state index contributed by atoms with van der Waals surface area (Å²) in [6, 6.07) is 5.26. The summed E-state index contributed by atoms with van der Waals surface area (Å²) in [5.74, 6) is -0.189. The molecule has 0 amide bonds. The molecule has 2 aromatic carbocycles. The van der Waals surface area contributed by atoms with E-state index in [4.69, 9.17) is 9.47 Å². The van der Waals surface area contributed by atoms with Gasteiger partial charge in [0.15, 0.2) is 6.61 Å². The largest absolute Gasteiger partial charge is 0.480 e. The second-order valence-corrected chi connectivity index (χ2v) is 7.47. The molecule has 0 heterocycles. The van der Waals surface area contributed by atoms with Crippen LogP contribution in [0.5, 0.6) is 5.75 Å². The van der Waals surface area contributed by atoms with E-state index in [1.807, 2.05) is 0 Å². The van der Waals surface area contributed by atoms with Gasteiger partial charge in [0.05, 0.1) is 32.3 Å². The molecule has 2 rings (SSSR count). The molecule has 0 saturated carbocycles. The summed E-state index contributed by atoms with van der Waals surface area (Å²) in [6.07, 6.45) is -3.41. The van der Waals surface area contributed by atoms with E-state index in [1.165, 1.54) is 6.21 Å². The average molecular weight is 569 g/mol. The van der Waals surface area contributed by atoms with Gasteiger partial charge < -0.3 is 9.47 Å². The quantitative estimate of drug-likeness (QED) is 0.194. The second kappa shape index (κ2) is 10.6. The van der Waals surface area contributed by atoms with Crippen molar-refractivity contribution in [2.45, 2.75) is 13.1 Å². The Balaban J connectivity index is 2.16. The van der Waals surface area contributed by atoms with Crippen LogP contribution >= 0.6 is 31.9 Å². The first-order valence-corrected chi connectivity index (χ1v) is 10.0. The van der Waals surface area contributed by atoms with Crippen molar-refractivity contribution >= 4 is 55.4 Å². The molecule has 13 heteroatoms. The highest BCUT2D eigenvalue weighted by Gasteiger charge is 2.33. The molecule has 0 aliphatic heterocycles. The maximum absolute atomic E-state index is 12.8. The number of carbonyl (C=O) groups is 1. The molecule has 0 aliphatic rings. The normalized spacial score (nSPS) is 11.4. The van der Waals surface area contributed by atoms with Crippen molar-refractivity contribution in [1.82, 2.24) is 0 Å². The number of hydrazone groups is 1. The molecule has 166 valence electrons. The second-order valence-electron chi connectivity index (χ2n) is 5.76. The van der Waals surface area contributed by atoms with Crippen LogP contribution in [0.2, 0.25) is 0 Å². The molecular weight excluding hydrogens is 555 g/mol. The van der Waals surface area contributed by atoms with Gasteiger partial charge in [-0.15, -0.1) is 0 Å². The van der Waals surface area contributed by atoms with Crippen LogP contribution in [0.3, 0.4) is 0 Å². The lowest BCUT2D eigenvalue weighted by molar-refractivity contribution is -0.384. The summed E-state index contributed by atoms with van der Waals surface area (Å²) in [7, 11) is 0. The summed E-state index contributed by atoms with van der Waals surface area (Å²) in [6.45, 7) is 1.60. The molecule has 0 fully saturated rings. The third-order valence-electron chi connectivity index (χ3n) is 3.58. The Labute approximate surface area is 190 Å². The first-order valence-electron chi connectivity index (χ1n) is 8.45. The minimum Gasteiger partial charge on any atom is -0.480 e. The van der Waals surface area contributed by atoms with Crippen molar-refractivity contribution < 1.29 is 32.4 Å². The molecule has 0 aliphatic carbocycles. The van der Waals surface area contributed by atoms with Crippen molar-refractivity contribution in [2.75, 3.05) is 18.6 Å². The summed E-state index contributed by atoms with van der Waals surface area (Å²) in [4.78, 5) is 21.6. The molecule has 1 N–H and O–H groups in total. The zero-order chi connectivity index (χ0) is 23.2. The van der Waals surface area contributed by atoms with Gasteiger partial charge in [-0.2, -0.15) is 18.3 Å².